The fourth-order valence-corrected chi connectivity index (χ4v) is 1.38. The molecule has 0 aromatic carbocycles. The summed E-state index contributed by atoms with van der Waals surface area (Å²) in [6.07, 6.45) is 1.74. The van der Waals surface area contributed by atoms with Gasteiger partial charge in [-0.3, -0.25) is 0 Å². The lowest BCUT2D eigenvalue weighted by molar-refractivity contribution is 0.178. The summed E-state index contributed by atoms with van der Waals surface area (Å²) in [6, 6.07) is 0. The summed E-state index contributed by atoms with van der Waals surface area (Å²) in [5.41, 5.74) is 3.45. The van der Waals surface area contributed by atoms with Gasteiger partial charge in [0.15, 0.2) is 17.0 Å². The average molecular weight is 180 g/mol. The minimum absolute atomic E-state index is 0.424. The van der Waals surface area contributed by atoms with Crippen molar-refractivity contribution in [3.63, 3.8) is 0 Å². The normalized spacial score (nSPS) is 10.8. The van der Waals surface area contributed by atoms with Gasteiger partial charge in [-0.25, -0.2) is 15.0 Å². The fraction of sp³-hybridized carbons (Fsp3) is 0.286. The summed E-state index contributed by atoms with van der Waals surface area (Å²) in [5.74, 6) is 0.657. The van der Waals surface area contributed by atoms with E-state index in [0.29, 0.717) is 18.1 Å². The number of hydrogen-bond donors (Lipinski definition) is 0. The monoisotopic (exact) mass is 180 g/mol. The van der Waals surface area contributed by atoms with Crippen molar-refractivity contribution in [1.29, 1.82) is 0 Å². The van der Waals surface area contributed by atoms with Gasteiger partial charge in [0.25, 0.3) is 0 Å². The first-order valence-corrected chi connectivity index (χ1v) is 4.19. The highest BCUT2D eigenvalue weighted by molar-refractivity contribution is 7.16. The van der Waals surface area contributed by atoms with E-state index >= 15 is 0 Å². The van der Waals surface area contributed by atoms with E-state index in [1.807, 2.05) is 0 Å². The molecule has 0 bridgehead atoms. The molecule has 12 heavy (non-hydrogen) atoms. The molecule has 2 aromatic rings. The first-order chi connectivity index (χ1) is 5.90. The Bertz CT molecular complexity index is 387. The van der Waals surface area contributed by atoms with Crippen LogP contribution in [0.3, 0.4) is 0 Å². The van der Waals surface area contributed by atoms with Gasteiger partial charge in [-0.1, -0.05) is 0 Å². The molecular formula is C7H6N3OS. The van der Waals surface area contributed by atoms with Crippen LogP contribution in [0.4, 0.5) is 0 Å². The molecule has 61 valence electrons. The molecule has 0 spiro atoms. The molecule has 0 aliphatic rings. The zero-order chi connectivity index (χ0) is 8.39. The Hall–Kier alpha value is -1.07. The first kappa shape index (κ1) is 7.57. The number of thiazole rings is 1. The highest BCUT2D eigenvalue weighted by Crippen LogP contribution is 2.13. The predicted molar refractivity (Wildman–Crippen MR) is 44.8 cm³/mol. The van der Waals surface area contributed by atoms with Crippen LogP contribution in [0.2, 0.25) is 0 Å². The Morgan fingerprint density at radius 2 is 2.58 bits per heavy atom. The molecule has 2 aromatic heterocycles. The molecule has 0 saturated heterocycles. The maximum Gasteiger partial charge on any atom is 0.174 e. The lowest BCUT2D eigenvalue weighted by atomic mass is 10.5. The fourth-order valence-electron chi connectivity index (χ4n) is 0.863. The van der Waals surface area contributed by atoms with Crippen LogP contribution < -0.4 is 0 Å². The Balaban J connectivity index is 2.46. The van der Waals surface area contributed by atoms with Crippen LogP contribution in [0.1, 0.15) is 5.82 Å². The third kappa shape index (κ3) is 1.28. The Morgan fingerprint density at radius 3 is 3.42 bits per heavy atom. The van der Waals surface area contributed by atoms with Crippen LogP contribution in [0.25, 0.3) is 10.3 Å². The van der Waals surface area contributed by atoms with Crippen molar-refractivity contribution in [3.8, 4) is 0 Å². The van der Waals surface area contributed by atoms with E-state index in [1.165, 1.54) is 11.3 Å². The Morgan fingerprint density at radius 1 is 1.67 bits per heavy atom. The van der Waals surface area contributed by atoms with Gasteiger partial charge in [0, 0.05) is 7.11 Å². The number of aromatic nitrogens is 3. The van der Waals surface area contributed by atoms with E-state index in [1.54, 1.807) is 13.3 Å². The molecule has 2 heterocycles. The quantitative estimate of drug-likeness (QED) is 0.692. The van der Waals surface area contributed by atoms with Crippen molar-refractivity contribution in [3.05, 3.63) is 17.5 Å². The topological polar surface area (TPSA) is 47.9 Å². The van der Waals surface area contributed by atoms with Crippen LogP contribution in [-0.4, -0.2) is 22.1 Å². The highest BCUT2D eigenvalue weighted by atomic mass is 32.1. The zero-order valence-electron chi connectivity index (χ0n) is 6.44. The molecule has 0 amide bonds. The number of ether oxygens (including phenoxy) is 1. The second-order valence-electron chi connectivity index (χ2n) is 2.21. The summed E-state index contributed by atoms with van der Waals surface area (Å²) in [6.45, 7) is 0.424. The van der Waals surface area contributed by atoms with Gasteiger partial charge < -0.3 is 4.74 Å². The number of nitrogens with zero attached hydrogens (tertiary/aromatic N) is 3. The van der Waals surface area contributed by atoms with Crippen molar-refractivity contribution in [2.45, 2.75) is 6.61 Å². The molecule has 0 aliphatic carbocycles. The van der Waals surface area contributed by atoms with Gasteiger partial charge in [0.05, 0.1) is 10.9 Å². The van der Waals surface area contributed by atoms with Crippen molar-refractivity contribution >= 4 is 21.7 Å². The Labute approximate surface area is 73.3 Å². The molecule has 0 unspecified atom stereocenters. The molecule has 0 aliphatic heterocycles. The number of rotatable bonds is 2. The minimum atomic E-state index is 0.424. The molecule has 1 radical (unpaired) electrons. The van der Waals surface area contributed by atoms with Crippen molar-refractivity contribution < 1.29 is 4.74 Å². The van der Waals surface area contributed by atoms with E-state index in [4.69, 9.17) is 4.74 Å². The van der Waals surface area contributed by atoms with Crippen molar-refractivity contribution in [2.75, 3.05) is 7.11 Å². The molecule has 2 rings (SSSR count). The lowest BCUT2D eigenvalue weighted by Crippen LogP contribution is -1.95. The lowest BCUT2D eigenvalue weighted by Gasteiger charge is -1.95. The first-order valence-electron chi connectivity index (χ1n) is 3.37. The maximum atomic E-state index is 4.89. The number of hydrogen-bond acceptors (Lipinski definition) is 5. The largest absolute Gasteiger partial charge is 0.377 e. The third-order valence-electron chi connectivity index (χ3n) is 1.37. The summed E-state index contributed by atoms with van der Waals surface area (Å²) >= 11 is 1.41. The third-order valence-corrected chi connectivity index (χ3v) is 2.06. The van der Waals surface area contributed by atoms with Gasteiger partial charge in [-0.15, -0.1) is 11.3 Å². The molecular weight excluding hydrogens is 174 g/mol. The molecule has 0 atom stereocenters. The maximum absolute atomic E-state index is 4.89. The van der Waals surface area contributed by atoms with E-state index < -0.39 is 0 Å². The molecule has 4 nitrogen and oxygen atoms in total. The number of methoxy groups -OCH3 is 1. The second kappa shape index (κ2) is 3.12. The highest BCUT2D eigenvalue weighted by Gasteiger charge is 2.00. The van der Waals surface area contributed by atoms with Crippen LogP contribution in [0.5, 0.6) is 0 Å². The smallest absolute Gasteiger partial charge is 0.174 e. The van der Waals surface area contributed by atoms with Gasteiger partial charge in [-0.2, -0.15) is 0 Å². The summed E-state index contributed by atoms with van der Waals surface area (Å²) < 4.78 is 5.85. The molecule has 5 heteroatoms. The molecule has 0 saturated carbocycles. The zero-order valence-corrected chi connectivity index (χ0v) is 7.26. The van der Waals surface area contributed by atoms with E-state index in [-0.39, 0.29) is 0 Å². The number of fused-ring (bicyclic) bond motifs is 1. The second-order valence-corrected chi connectivity index (χ2v) is 3.04. The SMILES string of the molecule is COCc1ncc2s[c]nc2n1. The summed E-state index contributed by atoms with van der Waals surface area (Å²) in [4.78, 5) is 12.2. The summed E-state index contributed by atoms with van der Waals surface area (Å²) in [7, 11) is 1.61. The predicted octanol–water partition coefficient (Wildman–Crippen LogP) is 1.03. The van der Waals surface area contributed by atoms with Gasteiger partial charge in [0.2, 0.25) is 0 Å². The van der Waals surface area contributed by atoms with Gasteiger partial charge in [0.1, 0.15) is 6.61 Å². The van der Waals surface area contributed by atoms with E-state index in [0.717, 1.165) is 4.70 Å². The van der Waals surface area contributed by atoms with E-state index in [9.17, 15) is 0 Å². The van der Waals surface area contributed by atoms with Crippen LogP contribution in [0.15, 0.2) is 6.20 Å². The average Bonchev–Trinajstić information content (AvgIpc) is 2.51. The Kier molecular flexibility index (Phi) is 1.97. The minimum Gasteiger partial charge on any atom is -0.377 e. The van der Waals surface area contributed by atoms with Crippen LogP contribution >= 0.6 is 11.3 Å². The van der Waals surface area contributed by atoms with Crippen LogP contribution in [-0.2, 0) is 11.3 Å². The van der Waals surface area contributed by atoms with Crippen molar-refractivity contribution in [1.82, 2.24) is 15.0 Å². The van der Waals surface area contributed by atoms with Crippen LogP contribution in [0, 0.1) is 5.51 Å². The van der Waals surface area contributed by atoms with Gasteiger partial charge in [-0.05, 0) is 0 Å². The molecule has 0 N–H and O–H groups in total. The van der Waals surface area contributed by atoms with Crippen molar-refractivity contribution in [2.24, 2.45) is 0 Å². The van der Waals surface area contributed by atoms with E-state index in [2.05, 4.69) is 20.5 Å². The summed E-state index contributed by atoms with van der Waals surface area (Å²) in [5, 5.41) is 0. The standard InChI is InChI=1S/C7H6N3OS/c1-11-3-6-8-2-5-7(10-6)9-4-12-5/h2H,3H2,1H3. The van der Waals surface area contributed by atoms with Gasteiger partial charge >= 0.3 is 0 Å². The molecule has 0 fully saturated rings.